The van der Waals surface area contributed by atoms with Gasteiger partial charge in [0.1, 0.15) is 6.04 Å². The lowest BCUT2D eigenvalue weighted by molar-refractivity contribution is -0.123. The topological polar surface area (TPSA) is 52.9 Å². The number of thioether (sulfide) groups is 1. The predicted octanol–water partition coefficient (Wildman–Crippen LogP) is 5.24. The summed E-state index contributed by atoms with van der Waals surface area (Å²) in [7, 11) is 0. The molecule has 4 heteroatoms. The van der Waals surface area contributed by atoms with E-state index in [4.69, 9.17) is 0 Å². The summed E-state index contributed by atoms with van der Waals surface area (Å²) >= 11 is 1.69. The molecule has 1 amide bonds. The maximum atomic E-state index is 13.0. The van der Waals surface area contributed by atoms with Crippen molar-refractivity contribution in [1.82, 2.24) is 5.32 Å². The Bertz CT molecular complexity index is 767. The summed E-state index contributed by atoms with van der Waals surface area (Å²) in [6, 6.07) is 20.2. The number of hydrogen-bond acceptors (Lipinski definition) is 3. The molecule has 27 heavy (non-hydrogen) atoms. The van der Waals surface area contributed by atoms with Crippen molar-refractivity contribution >= 4 is 17.7 Å². The number of benzene rings is 2. The van der Waals surface area contributed by atoms with E-state index in [0.29, 0.717) is 12.3 Å². The number of rotatable bonds is 9. The zero-order valence-electron chi connectivity index (χ0n) is 16.3. The summed E-state index contributed by atoms with van der Waals surface area (Å²) < 4.78 is 0. The third kappa shape index (κ3) is 6.45. The van der Waals surface area contributed by atoms with E-state index in [2.05, 4.69) is 49.5 Å². The molecule has 2 atom stereocenters. The SMILES string of the molecule is CSCCC(C#N)NC(=O)C(CC(C)C)c1cccc(-c2ccccc2)c1. The van der Waals surface area contributed by atoms with Crippen molar-refractivity contribution in [3.8, 4) is 17.2 Å². The molecule has 0 aliphatic rings. The number of nitrogens with one attached hydrogen (secondary N) is 1. The van der Waals surface area contributed by atoms with Gasteiger partial charge < -0.3 is 5.32 Å². The Kier molecular flexibility index (Phi) is 8.42. The molecule has 0 heterocycles. The summed E-state index contributed by atoms with van der Waals surface area (Å²) in [5, 5.41) is 12.3. The van der Waals surface area contributed by atoms with Crippen LogP contribution in [0.15, 0.2) is 54.6 Å². The summed E-state index contributed by atoms with van der Waals surface area (Å²) in [6.45, 7) is 4.24. The van der Waals surface area contributed by atoms with Crippen LogP contribution in [0.25, 0.3) is 11.1 Å². The number of nitriles is 1. The van der Waals surface area contributed by atoms with Gasteiger partial charge in [0.25, 0.3) is 0 Å². The molecule has 0 aliphatic heterocycles. The van der Waals surface area contributed by atoms with Gasteiger partial charge in [0.05, 0.1) is 12.0 Å². The van der Waals surface area contributed by atoms with Crippen LogP contribution in [0.5, 0.6) is 0 Å². The second-order valence-corrected chi connectivity index (χ2v) is 8.13. The average molecular weight is 381 g/mol. The van der Waals surface area contributed by atoms with Gasteiger partial charge in [-0.2, -0.15) is 17.0 Å². The van der Waals surface area contributed by atoms with Gasteiger partial charge in [-0.15, -0.1) is 0 Å². The van der Waals surface area contributed by atoms with Crippen molar-refractivity contribution in [2.75, 3.05) is 12.0 Å². The molecule has 0 radical (unpaired) electrons. The Morgan fingerprint density at radius 2 is 1.81 bits per heavy atom. The first-order valence-corrected chi connectivity index (χ1v) is 10.8. The second kappa shape index (κ2) is 10.8. The molecule has 3 nitrogen and oxygen atoms in total. The maximum Gasteiger partial charge on any atom is 0.228 e. The van der Waals surface area contributed by atoms with Gasteiger partial charge in [-0.3, -0.25) is 4.79 Å². The van der Waals surface area contributed by atoms with E-state index in [0.717, 1.165) is 28.9 Å². The molecule has 0 fully saturated rings. The largest absolute Gasteiger partial charge is 0.340 e. The van der Waals surface area contributed by atoms with Crippen LogP contribution >= 0.6 is 11.8 Å². The molecular weight excluding hydrogens is 352 g/mol. The Hall–Kier alpha value is -2.25. The average Bonchev–Trinajstić information content (AvgIpc) is 2.69. The van der Waals surface area contributed by atoms with Crippen molar-refractivity contribution in [1.29, 1.82) is 5.26 Å². The van der Waals surface area contributed by atoms with Crippen LogP contribution in [0, 0.1) is 17.2 Å². The third-order valence-corrected chi connectivity index (χ3v) is 5.15. The summed E-state index contributed by atoms with van der Waals surface area (Å²) in [5.74, 6) is 0.935. The van der Waals surface area contributed by atoms with E-state index in [-0.39, 0.29) is 11.8 Å². The number of carbonyl (C=O) groups is 1. The van der Waals surface area contributed by atoms with Crippen molar-refractivity contribution in [3.05, 3.63) is 60.2 Å². The Morgan fingerprint density at radius 3 is 2.44 bits per heavy atom. The summed E-state index contributed by atoms with van der Waals surface area (Å²) in [5.41, 5.74) is 3.25. The van der Waals surface area contributed by atoms with E-state index in [1.54, 1.807) is 11.8 Å². The smallest absolute Gasteiger partial charge is 0.228 e. The molecule has 0 spiro atoms. The van der Waals surface area contributed by atoms with Gasteiger partial charge in [-0.05, 0) is 47.5 Å². The molecule has 142 valence electrons. The molecule has 2 aromatic rings. The van der Waals surface area contributed by atoms with Crippen molar-refractivity contribution in [3.63, 3.8) is 0 Å². The lowest BCUT2D eigenvalue weighted by Crippen LogP contribution is -2.38. The highest BCUT2D eigenvalue weighted by molar-refractivity contribution is 7.98. The van der Waals surface area contributed by atoms with E-state index in [1.165, 1.54) is 0 Å². The molecule has 0 bridgehead atoms. The normalized spacial score (nSPS) is 13.0. The summed E-state index contributed by atoms with van der Waals surface area (Å²) in [4.78, 5) is 13.0. The lowest BCUT2D eigenvalue weighted by atomic mass is 9.87. The fourth-order valence-corrected chi connectivity index (χ4v) is 3.58. The standard InChI is InChI=1S/C23H28N2OS/c1-17(2)14-22(23(26)25-21(16-24)12-13-27-3)20-11-7-10-19(15-20)18-8-5-4-6-9-18/h4-11,15,17,21-22H,12-14H2,1-3H3,(H,25,26). The number of nitrogens with zero attached hydrogens (tertiary/aromatic N) is 1. The van der Waals surface area contributed by atoms with Crippen molar-refractivity contribution in [2.24, 2.45) is 5.92 Å². The molecular formula is C23H28N2OS. The molecule has 0 aliphatic carbocycles. The van der Waals surface area contributed by atoms with E-state index < -0.39 is 6.04 Å². The molecule has 0 saturated carbocycles. The predicted molar refractivity (Wildman–Crippen MR) is 115 cm³/mol. The van der Waals surface area contributed by atoms with Crippen LogP contribution in [0.2, 0.25) is 0 Å². The quantitative estimate of drug-likeness (QED) is 0.647. The van der Waals surface area contributed by atoms with Crippen LogP contribution in [0.4, 0.5) is 0 Å². The highest BCUT2D eigenvalue weighted by Crippen LogP contribution is 2.28. The minimum atomic E-state index is -0.433. The van der Waals surface area contributed by atoms with Crippen molar-refractivity contribution in [2.45, 2.75) is 38.6 Å². The lowest BCUT2D eigenvalue weighted by Gasteiger charge is -2.21. The second-order valence-electron chi connectivity index (χ2n) is 7.15. The van der Waals surface area contributed by atoms with Gasteiger partial charge in [0, 0.05) is 0 Å². The summed E-state index contributed by atoms with van der Waals surface area (Å²) in [6.07, 6.45) is 3.43. The van der Waals surface area contributed by atoms with Gasteiger partial charge in [0.2, 0.25) is 5.91 Å². The highest BCUT2D eigenvalue weighted by atomic mass is 32.2. The highest BCUT2D eigenvalue weighted by Gasteiger charge is 2.24. The van der Waals surface area contributed by atoms with Crippen molar-refractivity contribution < 1.29 is 4.79 Å². The van der Waals surface area contributed by atoms with Crippen LogP contribution in [0.1, 0.15) is 38.2 Å². The van der Waals surface area contributed by atoms with Crippen LogP contribution in [-0.2, 0) is 4.79 Å². The van der Waals surface area contributed by atoms with E-state index >= 15 is 0 Å². The monoisotopic (exact) mass is 380 g/mol. The fraction of sp³-hybridized carbons (Fsp3) is 0.391. The molecule has 2 aromatic carbocycles. The van der Waals surface area contributed by atoms with E-state index in [9.17, 15) is 10.1 Å². The van der Waals surface area contributed by atoms with Gasteiger partial charge in [-0.1, -0.05) is 68.4 Å². The molecule has 2 unspecified atom stereocenters. The maximum absolute atomic E-state index is 13.0. The first-order valence-electron chi connectivity index (χ1n) is 9.39. The van der Waals surface area contributed by atoms with Crippen LogP contribution < -0.4 is 5.32 Å². The minimum absolute atomic E-state index is 0.0541. The minimum Gasteiger partial charge on any atom is -0.340 e. The molecule has 0 saturated heterocycles. The third-order valence-electron chi connectivity index (χ3n) is 4.50. The molecule has 2 rings (SSSR count). The zero-order chi connectivity index (χ0) is 19.6. The van der Waals surface area contributed by atoms with Crippen LogP contribution in [0.3, 0.4) is 0 Å². The van der Waals surface area contributed by atoms with Gasteiger partial charge >= 0.3 is 0 Å². The van der Waals surface area contributed by atoms with E-state index in [1.807, 2.05) is 36.6 Å². The first-order chi connectivity index (χ1) is 13.0. The Balaban J connectivity index is 2.25. The fourth-order valence-electron chi connectivity index (χ4n) is 3.11. The Labute approximate surface area is 167 Å². The zero-order valence-corrected chi connectivity index (χ0v) is 17.1. The van der Waals surface area contributed by atoms with Crippen LogP contribution in [-0.4, -0.2) is 24.0 Å². The first kappa shape index (κ1) is 21.1. The number of carbonyl (C=O) groups excluding carboxylic acids is 1. The number of hydrogen-bond donors (Lipinski definition) is 1. The van der Waals surface area contributed by atoms with Gasteiger partial charge in [0.15, 0.2) is 0 Å². The Morgan fingerprint density at radius 1 is 1.11 bits per heavy atom. The molecule has 0 aromatic heterocycles. The molecule has 1 N–H and O–H groups in total. The van der Waals surface area contributed by atoms with Gasteiger partial charge in [-0.25, -0.2) is 0 Å². The number of amides is 1.